The molecule has 0 radical (unpaired) electrons. The van der Waals surface area contributed by atoms with Crippen LogP contribution in [0.15, 0.2) is 24.3 Å². The van der Waals surface area contributed by atoms with Gasteiger partial charge in [0.1, 0.15) is 5.75 Å². The number of benzene rings is 1. The zero-order valence-electron chi connectivity index (χ0n) is 9.01. The lowest BCUT2D eigenvalue weighted by Gasteiger charge is -2.24. The van der Waals surface area contributed by atoms with Gasteiger partial charge in [-0.2, -0.15) is 0 Å². The summed E-state index contributed by atoms with van der Waals surface area (Å²) in [4.78, 5) is 11.6. The van der Waals surface area contributed by atoms with E-state index in [1.165, 1.54) is 0 Å². The summed E-state index contributed by atoms with van der Waals surface area (Å²) in [6, 6.07) is 6.61. The second kappa shape index (κ2) is 3.88. The topological polar surface area (TPSA) is 66.8 Å². The zero-order chi connectivity index (χ0) is 11.8. The molecule has 1 aromatic carbocycles. The molecule has 0 aliphatic carbocycles. The van der Waals surface area contributed by atoms with Gasteiger partial charge in [-0.3, -0.25) is 0 Å². The predicted octanol–water partition coefficient (Wildman–Crippen LogP) is 0.954. The van der Waals surface area contributed by atoms with Crippen molar-refractivity contribution in [2.24, 2.45) is 0 Å². The molecule has 2 rings (SSSR count). The number of fused-ring (bicyclic) bond motifs is 1. The minimum atomic E-state index is -1.91. The molecule has 2 N–H and O–H groups in total. The minimum absolute atomic E-state index is 0.324. The van der Waals surface area contributed by atoms with Gasteiger partial charge in [-0.25, -0.2) is 4.79 Å². The number of esters is 1. The summed E-state index contributed by atoms with van der Waals surface area (Å²) in [6.07, 6.45) is -0.104. The molecule has 4 nitrogen and oxygen atoms in total. The number of carbonyl (C=O) groups excluding carboxylic acids is 1. The molecule has 0 saturated carbocycles. The molecule has 0 spiro atoms. The normalized spacial score (nSPS) is 25.1. The first-order valence-corrected chi connectivity index (χ1v) is 5.33. The number of aliphatic hydroxyl groups is 2. The molecule has 0 amide bonds. The highest BCUT2D eigenvalue weighted by molar-refractivity contribution is 5.89. The Morgan fingerprint density at radius 3 is 2.81 bits per heavy atom. The van der Waals surface area contributed by atoms with Gasteiger partial charge in [0.2, 0.25) is 5.60 Å². The van der Waals surface area contributed by atoms with E-state index in [1.54, 1.807) is 24.3 Å². The number of hydrogen-bond donors (Lipinski definition) is 2. The largest absolute Gasteiger partial charge is 0.424 e. The Morgan fingerprint density at radius 1 is 1.44 bits per heavy atom. The number of rotatable bonds is 3. The molecule has 1 aromatic rings. The van der Waals surface area contributed by atoms with Crippen molar-refractivity contribution in [2.75, 3.05) is 0 Å². The van der Waals surface area contributed by atoms with Gasteiger partial charge in [-0.1, -0.05) is 31.5 Å². The monoisotopic (exact) mass is 222 g/mol. The van der Waals surface area contributed by atoms with Crippen molar-refractivity contribution in [2.45, 2.75) is 31.5 Å². The van der Waals surface area contributed by atoms with E-state index in [9.17, 15) is 15.0 Å². The van der Waals surface area contributed by atoms with Gasteiger partial charge in [0.15, 0.2) is 0 Å². The number of hydrogen-bond acceptors (Lipinski definition) is 4. The van der Waals surface area contributed by atoms with Gasteiger partial charge >= 0.3 is 5.97 Å². The fourth-order valence-electron chi connectivity index (χ4n) is 1.96. The third kappa shape index (κ3) is 1.42. The van der Waals surface area contributed by atoms with E-state index < -0.39 is 17.7 Å². The average Bonchev–Trinajstić information content (AvgIpc) is 2.53. The van der Waals surface area contributed by atoms with Crippen LogP contribution in [0.25, 0.3) is 0 Å². The molecule has 0 aromatic heterocycles. The summed E-state index contributed by atoms with van der Waals surface area (Å²) in [6.45, 7) is 1.87. The van der Waals surface area contributed by atoms with Crippen molar-refractivity contribution < 1.29 is 19.7 Å². The van der Waals surface area contributed by atoms with E-state index in [-0.39, 0.29) is 0 Å². The van der Waals surface area contributed by atoms with E-state index in [0.29, 0.717) is 24.2 Å². The maximum Gasteiger partial charge on any atom is 0.351 e. The van der Waals surface area contributed by atoms with Crippen LogP contribution in [0, 0.1) is 0 Å². The van der Waals surface area contributed by atoms with Crippen molar-refractivity contribution >= 4 is 5.97 Å². The fourth-order valence-corrected chi connectivity index (χ4v) is 1.96. The lowest BCUT2D eigenvalue weighted by molar-refractivity contribution is -0.165. The average molecular weight is 222 g/mol. The molecule has 0 fully saturated rings. The summed E-state index contributed by atoms with van der Waals surface area (Å²) in [7, 11) is 0. The Bertz CT molecular complexity index is 415. The molecule has 1 heterocycles. The first-order chi connectivity index (χ1) is 7.60. The molecular weight excluding hydrogens is 208 g/mol. The quantitative estimate of drug-likeness (QED) is 0.590. The molecule has 0 saturated heterocycles. The van der Waals surface area contributed by atoms with E-state index in [4.69, 9.17) is 4.74 Å². The van der Waals surface area contributed by atoms with Gasteiger partial charge < -0.3 is 14.9 Å². The van der Waals surface area contributed by atoms with Crippen molar-refractivity contribution in [3.63, 3.8) is 0 Å². The van der Waals surface area contributed by atoms with Gasteiger partial charge in [0.05, 0.1) is 6.10 Å². The Hall–Kier alpha value is -1.39. The van der Waals surface area contributed by atoms with Gasteiger partial charge in [-0.05, 0) is 12.5 Å². The summed E-state index contributed by atoms with van der Waals surface area (Å²) in [5.74, 6) is -0.472. The standard InChI is InChI=1S/C12H14O4/c1-2-5-10(13)12(15)8-6-3-4-7-9(8)16-11(12)14/h3-4,6-7,10,13,15H,2,5H2,1H3. The third-order valence-corrected chi connectivity index (χ3v) is 2.86. The van der Waals surface area contributed by atoms with Crippen molar-refractivity contribution in [3.8, 4) is 5.75 Å². The Labute approximate surface area is 93.5 Å². The summed E-state index contributed by atoms with van der Waals surface area (Å²) in [5.41, 5.74) is -1.56. The smallest absolute Gasteiger partial charge is 0.351 e. The van der Waals surface area contributed by atoms with E-state index in [2.05, 4.69) is 0 Å². The van der Waals surface area contributed by atoms with Crippen LogP contribution < -0.4 is 4.74 Å². The third-order valence-electron chi connectivity index (χ3n) is 2.86. The summed E-state index contributed by atoms with van der Waals surface area (Å²) < 4.78 is 4.94. The fraction of sp³-hybridized carbons (Fsp3) is 0.417. The molecule has 1 aliphatic rings. The van der Waals surface area contributed by atoms with Crippen LogP contribution in [0.2, 0.25) is 0 Å². The summed E-state index contributed by atoms with van der Waals surface area (Å²) in [5, 5.41) is 20.2. The second-order valence-corrected chi connectivity index (χ2v) is 3.96. The maximum atomic E-state index is 11.6. The second-order valence-electron chi connectivity index (χ2n) is 3.96. The van der Waals surface area contributed by atoms with E-state index >= 15 is 0 Å². The molecule has 2 unspecified atom stereocenters. The lowest BCUT2D eigenvalue weighted by Crippen LogP contribution is -2.45. The molecule has 4 heteroatoms. The zero-order valence-corrected chi connectivity index (χ0v) is 9.01. The van der Waals surface area contributed by atoms with Crippen LogP contribution in [0.4, 0.5) is 0 Å². The molecule has 2 atom stereocenters. The van der Waals surface area contributed by atoms with Gasteiger partial charge in [0.25, 0.3) is 0 Å². The molecule has 86 valence electrons. The van der Waals surface area contributed by atoms with E-state index in [0.717, 1.165) is 0 Å². The van der Waals surface area contributed by atoms with Crippen molar-refractivity contribution in [3.05, 3.63) is 29.8 Å². The first kappa shape index (κ1) is 11.1. The predicted molar refractivity (Wildman–Crippen MR) is 56.9 cm³/mol. The summed E-state index contributed by atoms with van der Waals surface area (Å²) >= 11 is 0. The van der Waals surface area contributed by atoms with Crippen molar-refractivity contribution in [1.29, 1.82) is 0 Å². The van der Waals surface area contributed by atoms with Gasteiger partial charge in [0, 0.05) is 5.56 Å². The highest BCUT2D eigenvalue weighted by atomic mass is 16.6. The van der Waals surface area contributed by atoms with Gasteiger partial charge in [-0.15, -0.1) is 0 Å². The minimum Gasteiger partial charge on any atom is -0.424 e. The highest BCUT2D eigenvalue weighted by Gasteiger charge is 2.52. The Kier molecular flexibility index (Phi) is 2.69. The van der Waals surface area contributed by atoms with Crippen LogP contribution in [-0.4, -0.2) is 22.3 Å². The number of aliphatic hydroxyl groups excluding tert-OH is 1. The van der Waals surface area contributed by atoms with Crippen LogP contribution in [0.3, 0.4) is 0 Å². The molecule has 16 heavy (non-hydrogen) atoms. The van der Waals surface area contributed by atoms with E-state index in [1.807, 2.05) is 6.92 Å². The number of para-hydroxylation sites is 1. The Morgan fingerprint density at radius 2 is 2.12 bits per heavy atom. The maximum absolute atomic E-state index is 11.6. The van der Waals surface area contributed by atoms with Crippen molar-refractivity contribution in [1.82, 2.24) is 0 Å². The SMILES string of the molecule is CCCC(O)C1(O)C(=O)Oc2ccccc21. The van der Waals surface area contributed by atoms with Crippen LogP contribution in [0.5, 0.6) is 5.75 Å². The first-order valence-electron chi connectivity index (χ1n) is 5.33. The molecular formula is C12H14O4. The highest BCUT2D eigenvalue weighted by Crippen LogP contribution is 2.40. The van der Waals surface area contributed by atoms with Crippen LogP contribution in [-0.2, 0) is 10.4 Å². The Balaban J connectivity index is 2.44. The lowest BCUT2D eigenvalue weighted by atomic mass is 9.87. The van der Waals surface area contributed by atoms with Crippen LogP contribution >= 0.6 is 0 Å². The number of carbonyl (C=O) groups is 1. The van der Waals surface area contributed by atoms with Crippen LogP contribution in [0.1, 0.15) is 25.3 Å². The molecule has 1 aliphatic heterocycles. The molecule has 0 bridgehead atoms. The number of ether oxygens (including phenoxy) is 1.